The molecule has 0 spiro atoms. The summed E-state index contributed by atoms with van der Waals surface area (Å²) in [6.45, 7) is 0. The molecule has 0 bridgehead atoms. The zero-order valence-corrected chi connectivity index (χ0v) is 12.3. The van der Waals surface area contributed by atoms with E-state index in [1.807, 2.05) is 12.1 Å². The number of halogens is 4. The van der Waals surface area contributed by atoms with Crippen molar-refractivity contribution in [2.45, 2.75) is 11.5 Å². The van der Waals surface area contributed by atoms with E-state index in [9.17, 15) is 18.0 Å². The third-order valence-corrected chi connectivity index (χ3v) is 3.47. The van der Waals surface area contributed by atoms with Gasteiger partial charge < -0.3 is 5.32 Å². The topological polar surface area (TPSA) is 29.1 Å². The van der Waals surface area contributed by atoms with E-state index in [1.165, 1.54) is 12.1 Å². The number of hydrogen-bond acceptors (Lipinski definition) is 1. The molecule has 0 unspecified atom stereocenters. The molecular weight excluding hydrogens is 347 g/mol. The van der Waals surface area contributed by atoms with Gasteiger partial charge >= 0.3 is 6.18 Å². The van der Waals surface area contributed by atoms with Gasteiger partial charge in [0.25, 0.3) is 5.91 Å². The highest BCUT2D eigenvalue weighted by Gasteiger charge is 2.30. The lowest BCUT2D eigenvalue weighted by Crippen LogP contribution is -2.14. The number of nitrogens with one attached hydrogen (secondary N) is 1. The molecule has 0 aliphatic carbocycles. The molecule has 6 heteroatoms. The fourth-order valence-corrected chi connectivity index (χ4v) is 2.28. The number of benzene rings is 2. The van der Waals surface area contributed by atoms with E-state index in [0.717, 1.165) is 17.7 Å². The molecule has 0 aliphatic heterocycles. The largest absolute Gasteiger partial charge is 0.416 e. The lowest BCUT2D eigenvalue weighted by Gasteiger charge is -2.11. The maximum atomic E-state index is 12.6. The fraction of sp³-hybridized carbons (Fsp3) is 0.133. The zero-order valence-electron chi connectivity index (χ0n) is 10.7. The van der Waals surface area contributed by atoms with E-state index >= 15 is 0 Å². The van der Waals surface area contributed by atoms with E-state index in [4.69, 9.17) is 0 Å². The van der Waals surface area contributed by atoms with E-state index in [2.05, 4.69) is 21.2 Å². The molecule has 0 saturated carbocycles. The summed E-state index contributed by atoms with van der Waals surface area (Å²) >= 11 is 3.29. The Balaban J connectivity index is 2.25. The minimum atomic E-state index is -4.47. The Morgan fingerprint density at radius 3 is 2.48 bits per heavy atom. The van der Waals surface area contributed by atoms with Crippen molar-refractivity contribution in [3.05, 3.63) is 65.2 Å². The highest BCUT2D eigenvalue weighted by Crippen LogP contribution is 2.29. The summed E-state index contributed by atoms with van der Waals surface area (Å²) in [5, 5.41) is 3.15. The van der Waals surface area contributed by atoms with Crippen LogP contribution in [0.2, 0.25) is 0 Å². The van der Waals surface area contributed by atoms with Gasteiger partial charge in [-0.2, -0.15) is 13.2 Å². The minimum absolute atomic E-state index is 0.0331. The summed E-state index contributed by atoms with van der Waals surface area (Å²) in [5.74, 6) is -0.575. The van der Waals surface area contributed by atoms with E-state index in [0.29, 0.717) is 11.0 Å². The van der Waals surface area contributed by atoms with Gasteiger partial charge in [0, 0.05) is 16.6 Å². The number of hydrogen-bond donors (Lipinski definition) is 1. The van der Waals surface area contributed by atoms with Gasteiger partial charge in [0.1, 0.15) is 0 Å². The number of alkyl halides is 4. The summed E-state index contributed by atoms with van der Waals surface area (Å²) in [5.41, 5.74) is 0.535. The van der Waals surface area contributed by atoms with Gasteiger partial charge in [0.15, 0.2) is 0 Å². The number of carbonyl (C=O) groups is 1. The average molecular weight is 358 g/mol. The van der Waals surface area contributed by atoms with Crippen LogP contribution in [0, 0.1) is 0 Å². The minimum Gasteiger partial charge on any atom is -0.322 e. The van der Waals surface area contributed by atoms with Crippen LogP contribution >= 0.6 is 15.9 Å². The van der Waals surface area contributed by atoms with Crippen molar-refractivity contribution in [1.29, 1.82) is 0 Å². The molecule has 0 radical (unpaired) electrons. The Morgan fingerprint density at radius 2 is 1.81 bits per heavy atom. The SMILES string of the molecule is O=C(Nc1ccccc1CBr)c1cccc(C(F)(F)F)c1. The number of carbonyl (C=O) groups excluding carboxylic acids is 1. The molecule has 2 nitrogen and oxygen atoms in total. The smallest absolute Gasteiger partial charge is 0.322 e. The lowest BCUT2D eigenvalue weighted by atomic mass is 10.1. The van der Waals surface area contributed by atoms with Crippen LogP contribution in [0.3, 0.4) is 0 Å². The van der Waals surface area contributed by atoms with Crippen LogP contribution in [-0.4, -0.2) is 5.91 Å². The maximum absolute atomic E-state index is 12.6. The Hall–Kier alpha value is -1.82. The summed E-state index contributed by atoms with van der Waals surface area (Å²) in [6.07, 6.45) is -4.47. The van der Waals surface area contributed by atoms with Gasteiger partial charge in [-0.1, -0.05) is 40.2 Å². The van der Waals surface area contributed by atoms with Crippen LogP contribution in [0.4, 0.5) is 18.9 Å². The van der Waals surface area contributed by atoms with Crippen LogP contribution < -0.4 is 5.32 Å². The van der Waals surface area contributed by atoms with Crippen molar-refractivity contribution in [1.82, 2.24) is 0 Å². The molecule has 0 saturated heterocycles. The summed E-state index contributed by atoms with van der Waals surface area (Å²) in [7, 11) is 0. The van der Waals surface area contributed by atoms with Crippen LogP contribution in [0.5, 0.6) is 0 Å². The van der Waals surface area contributed by atoms with Crippen molar-refractivity contribution in [2.75, 3.05) is 5.32 Å². The predicted molar refractivity (Wildman–Crippen MR) is 78.5 cm³/mol. The predicted octanol–water partition coefficient (Wildman–Crippen LogP) is 4.85. The molecule has 1 N–H and O–H groups in total. The summed E-state index contributed by atoms with van der Waals surface area (Å²) < 4.78 is 37.9. The molecule has 0 aliphatic rings. The van der Waals surface area contributed by atoms with Gasteiger partial charge in [-0.15, -0.1) is 0 Å². The highest BCUT2D eigenvalue weighted by molar-refractivity contribution is 9.08. The average Bonchev–Trinajstić information content (AvgIpc) is 2.47. The highest BCUT2D eigenvalue weighted by atomic mass is 79.9. The molecule has 0 aromatic heterocycles. The molecule has 2 rings (SSSR count). The third-order valence-electron chi connectivity index (χ3n) is 2.86. The first-order valence-corrected chi connectivity index (χ1v) is 7.16. The second-order valence-electron chi connectivity index (χ2n) is 4.32. The number of para-hydroxylation sites is 1. The molecule has 110 valence electrons. The Morgan fingerprint density at radius 1 is 1.10 bits per heavy atom. The molecule has 0 fully saturated rings. The molecular formula is C15H11BrF3NO. The van der Waals surface area contributed by atoms with Crippen molar-refractivity contribution in [3.63, 3.8) is 0 Å². The van der Waals surface area contributed by atoms with Crippen LogP contribution in [0.25, 0.3) is 0 Å². The third kappa shape index (κ3) is 3.85. The molecule has 0 heterocycles. The molecule has 0 atom stereocenters. The van der Waals surface area contributed by atoms with Gasteiger partial charge in [-0.05, 0) is 29.8 Å². The van der Waals surface area contributed by atoms with E-state index < -0.39 is 17.6 Å². The molecule has 21 heavy (non-hydrogen) atoms. The summed E-state index contributed by atoms with van der Waals surface area (Å²) in [4.78, 5) is 12.1. The zero-order chi connectivity index (χ0) is 15.5. The lowest BCUT2D eigenvalue weighted by molar-refractivity contribution is -0.137. The van der Waals surface area contributed by atoms with Gasteiger partial charge in [0.05, 0.1) is 5.56 Å². The van der Waals surface area contributed by atoms with Crippen molar-refractivity contribution in [3.8, 4) is 0 Å². The molecule has 2 aromatic carbocycles. The maximum Gasteiger partial charge on any atom is 0.416 e. The van der Waals surface area contributed by atoms with Crippen molar-refractivity contribution >= 4 is 27.5 Å². The Bertz CT molecular complexity index is 655. The Labute approximate surface area is 128 Å². The normalized spacial score (nSPS) is 11.2. The summed E-state index contributed by atoms with van der Waals surface area (Å²) in [6, 6.07) is 11.4. The van der Waals surface area contributed by atoms with Gasteiger partial charge in [0.2, 0.25) is 0 Å². The monoisotopic (exact) mass is 357 g/mol. The number of amides is 1. The fourth-order valence-electron chi connectivity index (χ4n) is 1.79. The van der Waals surface area contributed by atoms with E-state index in [-0.39, 0.29) is 5.56 Å². The second-order valence-corrected chi connectivity index (χ2v) is 4.88. The first-order chi connectivity index (χ1) is 9.91. The van der Waals surface area contributed by atoms with E-state index in [1.54, 1.807) is 12.1 Å². The van der Waals surface area contributed by atoms with Crippen molar-refractivity contribution in [2.24, 2.45) is 0 Å². The number of rotatable bonds is 3. The molecule has 2 aromatic rings. The quantitative estimate of drug-likeness (QED) is 0.781. The van der Waals surface area contributed by atoms with Crippen LogP contribution in [0.15, 0.2) is 48.5 Å². The van der Waals surface area contributed by atoms with Crippen LogP contribution in [-0.2, 0) is 11.5 Å². The Kier molecular flexibility index (Phi) is 4.67. The van der Waals surface area contributed by atoms with Crippen LogP contribution in [0.1, 0.15) is 21.5 Å². The second kappa shape index (κ2) is 6.30. The first-order valence-electron chi connectivity index (χ1n) is 6.04. The van der Waals surface area contributed by atoms with Crippen molar-refractivity contribution < 1.29 is 18.0 Å². The standard InChI is InChI=1S/C15H11BrF3NO/c16-9-11-4-1-2-7-13(11)20-14(21)10-5-3-6-12(8-10)15(17,18)19/h1-8H,9H2,(H,20,21). The van der Waals surface area contributed by atoms with Gasteiger partial charge in [-0.25, -0.2) is 0 Å². The molecule has 1 amide bonds. The van der Waals surface area contributed by atoms with Gasteiger partial charge in [-0.3, -0.25) is 4.79 Å². The number of anilines is 1. The first kappa shape index (κ1) is 15.6.